The van der Waals surface area contributed by atoms with Crippen molar-refractivity contribution in [2.24, 2.45) is 11.0 Å². The van der Waals surface area contributed by atoms with Gasteiger partial charge in [-0.3, -0.25) is 9.35 Å². The number of aliphatic carboxylic acids is 1. The molecular weight excluding hydrogens is 280 g/mol. The van der Waals surface area contributed by atoms with Crippen molar-refractivity contribution in [1.82, 2.24) is 4.90 Å². The first-order chi connectivity index (χ1) is 8.74. The Morgan fingerprint density at radius 3 is 2.74 bits per heavy atom. The zero-order valence-electron chi connectivity index (χ0n) is 9.71. The van der Waals surface area contributed by atoms with Crippen LogP contribution in [0.25, 0.3) is 10.4 Å². The van der Waals surface area contributed by atoms with Gasteiger partial charge in [0.2, 0.25) is 5.91 Å². The maximum Gasteiger partial charge on any atom is 0.327 e. The van der Waals surface area contributed by atoms with Crippen molar-refractivity contribution in [3.63, 3.8) is 0 Å². The van der Waals surface area contributed by atoms with Gasteiger partial charge in [-0.25, -0.2) is 4.79 Å². The molecule has 1 heterocycles. The molecule has 1 rings (SSSR count). The minimum Gasteiger partial charge on any atom is -0.480 e. The van der Waals surface area contributed by atoms with Crippen LogP contribution in [-0.4, -0.2) is 59.7 Å². The second kappa shape index (κ2) is 5.87. The van der Waals surface area contributed by atoms with E-state index in [1.807, 2.05) is 0 Å². The van der Waals surface area contributed by atoms with Crippen LogP contribution in [0.1, 0.15) is 6.42 Å². The molecule has 1 aliphatic heterocycles. The predicted octanol–water partition coefficient (Wildman–Crippen LogP) is -0.514. The van der Waals surface area contributed by atoms with E-state index in [9.17, 15) is 18.0 Å². The third kappa shape index (κ3) is 4.39. The summed E-state index contributed by atoms with van der Waals surface area (Å²) in [6.07, 6.45) is -0.0196. The molecule has 1 aliphatic rings. The Morgan fingerprint density at radius 2 is 2.26 bits per heavy atom. The van der Waals surface area contributed by atoms with Gasteiger partial charge in [-0.2, -0.15) is 8.42 Å². The Morgan fingerprint density at radius 1 is 1.63 bits per heavy atom. The normalized spacial score (nSPS) is 21.0. The molecule has 0 bridgehead atoms. The van der Waals surface area contributed by atoms with Gasteiger partial charge in [0.05, 0.1) is 0 Å². The van der Waals surface area contributed by atoms with E-state index >= 15 is 0 Å². The molecule has 1 fully saturated rings. The highest BCUT2D eigenvalue weighted by Crippen LogP contribution is 2.21. The van der Waals surface area contributed by atoms with Crippen molar-refractivity contribution >= 4 is 22.0 Å². The van der Waals surface area contributed by atoms with Gasteiger partial charge in [0, 0.05) is 24.4 Å². The summed E-state index contributed by atoms with van der Waals surface area (Å²) in [5.41, 5.74) is 8.16. The lowest BCUT2D eigenvalue weighted by Gasteiger charge is -2.23. The molecule has 11 heteroatoms. The lowest BCUT2D eigenvalue weighted by molar-refractivity contribution is -0.147. The second-order valence-corrected chi connectivity index (χ2v) is 5.63. The summed E-state index contributed by atoms with van der Waals surface area (Å²) in [6.45, 7) is 0.00128. The van der Waals surface area contributed by atoms with Crippen molar-refractivity contribution in [3.05, 3.63) is 10.4 Å². The summed E-state index contributed by atoms with van der Waals surface area (Å²) in [5.74, 6) is -3.49. The maximum atomic E-state index is 11.6. The van der Waals surface area contributed by atoms with E-state index in [1.165, 1.54) is 0 Å². The third-order valence-corrected chi connectivity index (χ3v) is 3.41. The summed E-state index contributed by atoms with van der Waals surface area (Å²) < 4.78 is 30.2. The molecule has 0 radical (unpaired) electrons. The molecule has 19 heavy (non-hydrogen) atoms. The van der Waals surface area contributed by atoms with Gasteiger partial charge in [-0.1, -0.05) is 5.11 Å². The monoisotopic (exact) mass is 292 g/mol. The number of carbonyl (C=O) groups excluding carboxylic acids is 1. The van der Waals surface area contributed by atoms with Crippen molar-refractivity contribution in [3.8, 4) is 0 Å². The molecule has 2 atom stereocenters. The number of carbonyl (C=O) groups is 2. The number of carboxylic acid groups (broad SMARTS) is 1. The summed E-state index contributed by atoms with van der Waals surface area (Å²) in [4.78, 5) is 26.0. The molecule has 1 saturated heterocycles. The molecule has 0 aromatic heterocycles. The molecule has 106 valence electrons. The lowest BCUT2D eigenvalue weighted by atomic mass is 10.1. The van der Waals surface area contributed by atoms with Crippen LogP contribution in [0.5, 0.6) is 0 Å². The summed E-state index contributed by atoms with van der Waals surface area (Å²) >= 11 is 0. The predicted molar refractivity (Wildman–Crippen MR) is 61.7 cm³/mol. The van der Waals surface area contributed by atoms with E-state index in [0.29, 0.717) is 0 Å². The number of hydrogen-bond donors (Lipinski definition) is 2. The molecule has 0 spiro atoms. The van der Waals surface area contributed by atoms with Crippen molar-refractivity contribution in [2.75, 3.05) is 18.8 Å². The van der Waals surface area contributed by atoms with Gasteiger partial charge >= 0.3 is 5.97 Å². The van der Waals surface area contributed by atoms with Crippen molar-refractivity contribution in [2.45, 2.75) is 12.5 Å². The minimum atomic E-state index is -4.52. The Hall–Kier alpha value is -1.84. The van der Waals surface area contributed by atoms with Crippen LogP contribution in [0, 0.1) is 5.92 Å². The fraction of sp³-hybridized carbons (Fsp3) is 0.750. The number of nitrogens with zero attached hydrogens (tertiary/aromatic N) is 4. The second-order valence-electron chi connectivity index (χ2n) is 4.13. The van der Waals surface area contributed by atoms with E-state index in [2.05, 4.69) is 10.0 Å². The van der Waals surface area contributed by atoms with E-state index < -0.39 is 33.8 Å². The van der Waals surface area contributed by atoms with Gasteiger partial charge < -0.3 is 10.0 Å². The van der Waals surface area contributed by atoms with Crippen LogP contribution in [0.4, 0.5) is 0 Å². The summed E-state index contributed by atoms with van der Waals surface area (Å²) in [6, 6.07) is -1.64. The first-order valence-corrected chi connectivity index (χ1v) is 6.84. The number of amides is 1. The molecule has 0 saturated carbocycles. The minimum absolute atomic E-state index is 0.0196. The highest BCUT2D eigenvalue weighted by molar-refractivity contribution is 7.85. The van der Waals surface area contributed by atoms with E-state index in [1.54, 1.807) is 0 Å². The fourth-order valence-electron chi connectivity index (χ4n) is 1.88. The first-order valence-electron chi connectivity index (χ1n) is 5.23. The van der Waals surface area contributed by atoms with Crippen molar-refractivity contribution in [1.29, 1.82) is 0 Å². The molecule has 10 nitrogen and oxygen atoms in total. The van der Waals surface area contributed by atoms with Crippen LogP contribution in [0.15, 0.2) is 5.11 Å². The number of likely N-dealkylation sites (tertiary alicyclic amines) is 1. The average Bonchev–Trinajstić information content (AvgIpc) is 2.63. The Bertz CT molecular complexity index is 525. The SMILES string of the molecule is [N-]=[N+]=NCC1CC(=O)N(C(CS(=O)(=O)O)C(=O)O)C1. The van der Waals surface area contributed by atoms with Gasteiger partial charge in [-0.15, -0.1) is 0 Å². The quantitative estimate of drug-likeness (QED) is 0.290. The van der Waals surface area contributed by atoms with E-state index in [-0.39, 0.29) is 25.4 Å². The van der Waals surface area contributed by atoms with Crippen LogP contribution < -0.4 is 0 Å². The van der Waals surface area contributed by atoms with Crippen molar-refractivity contribution < 1.29 is 27.7 Å². The molecule has 0 aliphatic carbocycles. The topological polar surface area (TPSA) is 161 Å². The first kappa shape index (κ1) is 15.2. The van der Waals surface area contributed by atoms with Gasteiger partial charge in [0.15, 0.2) is 0 Å². The van der Waals surface area contributed by atoms with Crippen LogP contribution in [0.3, 0.4) is 0 Å². The van der Waals surface area contributed by atoms with Crippen LogP contribution in [0.2, 0.25) is 0 Å². The molecule has 2 unspecified atom stereocenters. The van der Waals surface area contributed by atoms with E-state index in [4.69, 9.17) is 15.2 Å². The average molecular weight is 292 g/mol. The van der Waals surface area contributed by atoms with Gasteiger partial charge in [0.25, 0.3) is 10.1 Å². The van der Waals surface area contributed by atoms with Gasteiger partial charge in [-0.05, 0) is 11.4 Å². The van der Waals surface area contributed by atoms with Crippen LogP contribution >= 0.6 is 0 Å². The Balaban J connectivity index is 2.83. The summed E-state index contributed by atoms with van der Waals surface area (Å²) in [7, 11) is -4.52. The number of carboxylic acids is 1. The number of rotatable bonds is 6. The molecule has 0 aromatic carbocycles. The number of hydrogen-bond acceptors (Lipinski definition) is 5. The summed E-state index contributed by atoms with van der Waals surface area (Å²) in [5, 5.41) is 12.2. The zero-order chi connectivity index (χ0) is 14.6. The lowest BCUT2D eigenvalue weighted by Crippen LogP contribution is -2.46. The van der Waals surface area contributed by atoms with Crippen LogP contribution in [-0.2, 0) is 19.7 Å². The highest BCUT2D eigenvalue weighted by atomic mass is 32.2. The molecule has 1 amide bonds. The molecule has 2 N–H and O–H groups in total. The Labute approximate surface area is 108 Å². The third-order valence-electron chi connectivity index (χ3n) is 2.67. The van der Waals surface area contributed by atoms with E-state index in [0.717, 1.165) is 4.90 Å². The number of azide groups is 1. The largest absolute Gasteiger partial charge is 0.480 e. The van der Waals surface area contributed by atoms with Gasteiger partial charge in [0.1, 0.15) is 11.8 Å². The Kier molecular flexibility index (Phi) is 4.70. The standard InChI is InChI=1S/C8H12N4O6S/c9-11-10-2-5-1-7(13)12(3-5)6(8(14)15)4-19(16,17)18/h5-6H,1-4H2,(H,14,15)(H,16,17,18). The smallest absolute Gasteiger partial charge is 0.327 e. The molecular formula is C8H12N4O6S. The maximum absolute atomic E-state index is 11.6. The fourth-order valence-corrected chi connectivity index (χ4v) is 2.60. The highest BCUT2D eigenvalue weighted by Gasteiger charge is 2.39. The molecule has 0 aromatic rings. The zero-order valence-corrected chi connectivity index (χ0v) is 10.5.